The first-order valence-electron chi connectivity index (χ1n) is 12.1. The molecule has 2 aromatic rings. The normalized spacial score (nSPS) is 13.8. The predicted molar refractivity (Wildman–Crippen MR) is 154 cm³/mol. The van der Waals surface area contributed by atoms with Crippen LogP contribution in [0.25, 0.3) is 0 Å². The molecule has 0 spiro atoms. The number of thioether (sulfide) groups is 3. The number of benzene rings is 2. The van der Waals surface area contributed by atoms with E-state index in [0.717, 1.165) is 17.7 Å². The monoisotopic (exact) mass is 554 g/mol. The highest BCUT2D eigenvalue weighted by atomic mass is 32.2. The van der Waals surface area contributed by atoms with Crippen LogP contribution in [0.5, 0.6) is 0 Å². The van der Waals surface area contributed by atoms with Crippen molar-refractivity contribution >= 4 is 57.3 Å². The first kappa shape index (κ1) is 29.0. The van der Waals surface area contributed by atoms with Crippen LogP contribution in [0.2, 0.25) is 0 Å². The number of carbonyl (C=O) groups excluding carboxylic acids is 3. The van der Waals surface area contributed by atoms with Gasteiger partial charge in [0, 0.05) is 40.5 Å². The summed E-state index contributed by atoms with van der Waals surface area (Å²) in [5.74, 6) is -0.582. The summed E-state index contributed by atoms with van der Waals surface area (Å²) in [5, 5.41) is 9.47. The number of allylic oxidation sites excluding steroid dienone is 2. The second kappa shape index (κ2) is 15.0. The molecule has 1 aliphatic carbocycles. The standard InChI is InChI=1S/C29H30O5S3/c1-35-23-18-24(25(19-23)27(31)32)26(30)15-9-8-14-22(37-29(34)21-12-6-3-7-13-21)16-17-36-28(33)20-10-4-2-5-11-20/h2-7,10-13,19,22H,8-9,14-18H2,1H3,(H,31,32). The van der Waals surface area contributed by atoms with Crippen LogP contribution < -0.4 is 0 Å². The van der Waals surface area contributed by atoms with Gasteiger partial charge in [-0.15, -0.1) is 11.8 Å². The number of carboxylic acids is 1. The van der Waals surface area contributed by atoms with Crippen molar-refractivity contribution in [3.63, 3.8) is 0 Å². The van der Waals surface area contributed by atoms with E-state index in [4.69, 9.17) is 0 Å². The minimum absolute atomic E-state index is 0.000979. The van der Waals surface area contributed by atoms with Gasteiger partial charge in [0.1, 0.15) is 0 Å². The lowest BCUT2D eigenvalue weighted by Crippen LogP contribution is -2.11. The highest BCUT2D eigenvalue weighted by Crippen LogP contribution is 2.33. The molecule has 2 aromatic carbocycles. The van der Waals surface area contributed by atoms with Crippen molar-refractivity contribution in [2.24, 2.45) is 0 Å². The summed E-state index contributed by atoms with van der Waals surface area (Å²) in [6.45, 7) is 0. The summed E-state index contributed by atoms with van der Waals surface area (Å²) in [6.07, 6.45) is 6.92. The van der Waals surface area contributed by atoms with E-state index in [1.54, 1.807) is 30.3 Å². The van der Waals surface area contributed by atoms with Gasteiger partial charge in [0.05, 0.1) is 5.57 Å². The van der Waals surface area contributed by atoms with Crippen LogP contribution in [-0.2, 0) is 9.59 Å². The molecule has 3 rings (SSSR count). The van der Waals surface area contributed by atoms with Crippen molar-refractivity contribution < 1.29 is 24.3 Å². The van der Waals surface area contributed by atoms with Crippen molar-refractivity contribution in [3.05, 3.63) is 93.9 Å². The molecular formula is C29H30O5S3. The maximum Gasteiger partial charge on any atom is 0.336 e. The van der Waals surface area contributed by atoms with Gasteiger partial charge in [-0.05, 0) is 36.5 Å². The van der Waals surface area contributed by atoms with Crippen molar-refractivity contribution in [2.45, 2.75) is 43.8 Å². The maximum atomic E-state index is 12.8. The second-order valence-corrected chi connectivity index (χ2v) is 11.8. The molecule has 0 heterocycles. The van der Waals surface area contributed by atoms with Gasteiger partial charge in [-0.1, -0.05) is 90.6 Å². The number of unbranched alkanes of at least 4 members (excludes halogenated alkanes) is 1. The van der Waals surface area contributed by atoms with Gasteiger partial charge in [-0.25, -0.2) is 4.79 Å². The van der Waals surface area contributed by atoms with E-state index < -0.39 is 5.97 Å². The molecule has 194 valence electrons. The molecule has 0 saturated heterocycles. The van der Waals surface area contributed by atoms with Crippen LogP contribution in [0.4, 0.5) is 0 Å². The molecule has 1 N–H and O–H groups in total. The zero-order chi connectivity index (χ0) is 26.6. The van der Waals surface area contributed by atoms with Crippen LogP contribution in [0.3, 0.4) is 0 Å². The Kier molecular flexibility index (Phi) is 11.8. The molecule has 0 saturated carbocycles. The topological polar surface area (TPSA) is 88.5 Å². The third-order valence-corrected chi connectivity index (χ3v) is 8.94. The Morgan fingerprint density at radius 3 is 2.08 bits per heavy atom. The average molecular weight is 555 g/mol. The van der Waals surface area contributed by atoms with Crippen molar-refractivity contribution in [2.75, 3.05) is 12.0 Å². The Bertz CT molecular complexity index is 1170. The largest absolute Gasteiger partial charge is 0.478 e. The number of rotatable bonds is 14. The molecule has 1 atom stereocenters. The Morgan fingerprint density at radius 2 is 1.49 bits per heavy atom. The van der Waals surface area contributed by atoms with Gasteiger partial charge in [-0.3, -0.25) is 14.4 Å². The molecule has 0 bridgehead atoms. The van der Waals surface area contributed by atoms with Crippen molar-refractivity contribution in [3.8, 4) is 0 Å². The Hall–Kier alpha value is -2.55. The zero-order valence-electron chi connectivity index (χ0n) is 20.7. The van der Waals surface area contributed by atoms with Gasteiger partial charge in [0.15, 0.2) is 5.78 Å². The minimum Gasteiger partial charge on any atom is -0.478 e. The van der Waals surface area contributed by atoms with E-state index in [-0.39, 0.29) is 33.3 Å². The second-order valence-electron chi connectivity index (χ2n) is 8.54. The Balaban J connectivity index is 1.53. The quantitative estimate of drug-likeness (QED) is 0.249. The molecule has 37 heavy (non-hydrogen) atoms. The first-order chi connectivity index (χ1) is 17.9. The summed E-state index contributed by atoms with van der Waals surface area (Å²) in [6, 6.07) is 18.3. The highest BCUT2D eigenvalue weighted by molar-refractivity contribution is 8.15. The van der Waals surface area contributed by atoms with Crippen LogP contribution in [0.1, 0.15) is 59.2 Å². The molecule has 5 nitrogen and oxygen atoms in total. The molecule has 8 heteroatoms. The van der Waals surface area contributed by atoms with E-state index in [1.165, 1.54) is 35.3 Å². The van der Waals surface area contributed by atoms with E-state index >= 15 is 0 Å². The summed E-state index contributed by atoms with van der Waals surface area (Å²) >= 11 is 4.01. The summed E-state index contributed by atoms with van der Waals surface area (Å²) in [7, 11) is 0. The third-order valence-electron chi connectivity index (χ3n) is 5.96. The molecule has 0 aromatic heterocycles. The number of Topliss-reactive ketones (excluding diaryl/α,β-unsaturated/α-hetero) is 1. The SMILES string of the molecule is CSC1=CC(C(=O)O)=C(C(=O)CCCCC(CCSC(=O)c2ccccc2)SC(=O)c2ccccc2)C1. The summed E-state index contributed by atoms with van der Waals surface area (Å²) in [5.41, 5.74) is 1.80. The molecule has 0 aliphatic heterocycles. The lowest BCUT2D eigenvalue weighted by molar-refractivity contribution is -0.132. The number of carbonyl (C=O) groups is 4. The number of aliphatic carboxylic acids is 1. The van der Waals surface area contributed by atoms with E-state index in [2.05, 4.69) is 0 Å². The smallest absolute Gasteiger partial charge is 0.336 e. The highest BCUT2D eigenvalue weighted by Gasteiger charge is 2.25. The number of hydrogen-bond acceptors (Lipinski definition) is 7. The number of ketones is 1. The zero-order valence-corrected chi connectivity index (χ0v) is 23.1. The first-order valence-corrected chi connectivity index (χ1v) is 15.2. The number of hydrogen-bond donors (Lipinski definition) is 1. The van der Waals surface area contributed by atoms with Crippen LogP contribution >= 0.6 is 35.3 Å². The third kappa shape index (κ3) is 9.05. The maximum absolute atomic E-state index is 12.8. The van der Waals surface area contributed by atoms with Crippen LogP contribution in [0.15, 0.2) is 82.8 Å². The molecule has 0 fully saturated rings. The number of carboxylic acid groups (broad SMARTS) is 1. The Morgan fingerprint density at radius 1 is 0.865 bits per heavy atom. The van der Waals surface area contributed by atoms with Crippen molar-refractivity contribution in [1.82, 2.24) is 0 Å². The van der Waals surface area contributed by atoms with Gasteiger partial charge >= 0.3 is 5.97 Å². The Labute approximate surface area is 230 Å². The van der Waals surface area contributed by atoms with Gasteiger partial charge in [-0.2, -0.15) is 0 Å². The van der Waals surface area contributed by atoms with E-state index in [0.29, 0.717) is 41.7 Å². The lowest BCUT2D eigenvalue weighted by Gasteiger charge is -2.15. The fourth-order valence-corrected chi connectivity index (χ4v) is 6.60. The summed E-state index contributed by atoms with van der Waals surface area (Å²) in [4.78, 5) is 50.4. The molecule has 0 amide bonds. The fraction of sp³-hybridized carbons (Fsp3) is 0.310. The molecular weight excluding hydrogens is 525 g/mol. The van der Waals surface area contributed by atoms with E-state index in [1.807, 2.05) is 42.7 Å². The molecule has 1 unspecified atom stereocenters. The van der Waals surface area contributed by atoms with Gasteiger partial charge in [0.2, 0.25) is 10.2 Å². The molecule has 0 radical (unpaired) electrons. The predicted octanol–water partition coefficient (Wildman–Crippen LogP) is 7.05. The molecule has 1 aliphatic rings. The average Bonchev–Trinajstić information content (AvgIpc) is 3.37. The van der Waals surface area contributed by atoms with Gasteiger partial charge in [0.25, 0.3) is 0 Å². The van der Waals surface area contributed by atoms with Crippen LogP contribution in [0, 0.1) is 0 Å². The van der Waals surface area contributed by atoms with Crippen molar-refractivity contribution in [1.29, 1.82) is 0 Å². The fourth-order valence-electron chi connectivity index (χ4n) is 3.94. The lowest BCUT2D eigenvalue weighted by atomic mass is 10.0. The van der Waals surface area contributed by atoms with Gasteiger partial charge < -0.3 is 5.11 Å². The minimum atomic E-state index is -1.06. The summed E-state index contributed by atoms with van der Waals surface area (Å²) < 4.78 is 0. The van der Waals surface area contributed by atoms with E-state index in [9.17, 15) is 24.3 Å². The van der Waals surface area contributed by atoms with Crippen LogP contribution in [-0.4, -0.2) is 44.3 Å².